The van der Waals surface area contributed by atoms with Crippen LogP contribution in [0, 0.1) is 21.7 Å². The molecule has 0 aromatic carbocycles. The van der Waals surface area contributed by atoms with E-state index in [1.54, 1.807) is 0 Å². The number of esters is 1. The fraction of sp³-hybridized carbons (Fsp3) is 0.984. The highest BCUT2D eigenvalue weighted by molar-refractivity contribution is 5.76. The third-order valence-corrected chi connectivity index (χ3v) is 17.5. The summed E-state index contributed by atoms with van der Waals surface area (Å²) in [6.45, 7) is 24.2. The maximum absolute atomic E-state index is 14.7. The van der Waals surface area contributed by atoms with Crippen LogP contribution in [-0.2, 0) is 9.53 Å². The van der Waals surface area contributed by atoms with E-state index in [0.717, 1.165) is 19.3 Å². The first-order valence-corrected chi connectivity index (χ1v) is 31.4. The molecular formula is C64H128O2. The van der Waals surface area contributed by atoms with Crippen molar-refractivity contribution in [3.05, 3.63) is 0 Å². The predicted molar refractivity (Wildman–Crippen MR) is 299 cm³/mol. The Kier molecular flexibility index (Phi) is 44.1. The van der Waals surface area contributed by atoms with E-state index in [1.165, 1.54) is 289 Å². The lowest BCUT2D eigenvalue weighted by Gasteiger charge is -2.64. The molecular weight excluding hydrogens is 801 g/mol. The lowest BCUT2D eigenvalue weighted by atomic mass is 9.41. The van der Waals surface area contributed by atoms with Gasteiger partial charge in [-0.25, -0.2) is 0 Å². The first kappa shape index (κ1) is 65.5. The molecule has 0 aliphatic carbocycles. The fourth-order valence-electron chi connectivity index (χ4n) is 13.6. The maximum Gasteiger partial charge on any atom is 0.312 e. The summed E-state index contributed by atoms with van der Waals surface area (Å²) in [5.41, 5.74) is 0.738. The molecule has 0 unspecified atom stereocenters. The molecule has 0 aliphatic heterocycles. The Morgan fingerprint density at radius 2 is 0.470 bits per heavy atom. The van der Waals surface area contributed by atoms with Gasteiger partial charge in [-0.15, -0.1) is 0 Å². The number of hydrogen-bond acceptors (Lipinski definition) is 2. The normalized spacial score (nSPS) is 12.7. The van der Waals surface area contributed by atoms with Crippen LogP contribution in [0.2, 0.25) is 0 Å². The van der Waals surface area contributed by atoms with E-state index < -0.39 is 0 Å². The molecule has 2 nitrogen and oxygen atoms in total. The summed E-state index contributed by atoms with van der Waals surface area (Å²) in [4.78, 5) is 14.7. The Morgan fingerprint density at radius 3 is 0.712 bits per heavy atom. The second kappa shape index (κ2) is 44.4. The third kappa shape index (κ3) is 26.1. The number of ether oxygens (including phenoxy) is 1. The van der Waals surface area contributed by atoms with Crippen LogP contribution < -0.4 is 0 Å². The summed E-state index contributed by atoms with van der Waals surface area (Å²) in [6.07, 6.45) is 64.6. The summed E-state index contributed by atoms with van der Waals surface area (Å²) >= 11 is 0. The summed E-state index contributed by atoms with van der Waals surface area (Å²) in [7, 11) is 0. The first-order valence-electron chi connectivity index (χ1n) is 31.4. The van der Waals surface area contributed by atoms with Crippen molar-refractivity contribution in [2.45, 2.75) is 377 Å². The highest BCUT2D eigenvalue weighted by Gasteiger charge is 2.59. The van der Waals surface area contributed by atoms with Gasteiger partial charge in [0.05, 0.1) is 12.0 Å². The van der Waals surface area contributed by atoms with Crippen molar-refractivity contribution in [1.29, 1.82) is 0 Å². The Bertz CT molecular complexity index is 945. The van der Waals surface area contributed by atoms with Gasteiger partial charge in [-0.1, -0.05) is 300 Å². The molecule has 0 amide bonds. The molecule has 0 spiro atoms. The highest BCUT2D eigenvalue weighted by Crippen LogP contribution is 2.69. The van der Waals surface area contributed by atoms with E-state index in [1.807, 2.05) is 0 Å². The summed E-state index contributed by atoms with van der Waals surface area (Å²) < 4.78 is 6.21. The number of rotatable bonds is 53. The van der Waals surface area contributed by atoms with Crippen LogP contribution in [0.4, 0.5) is 0 Å². The van der Waals surface area contributed by atoms with Crippen molar-refractivity contribution in [3.8, 4) is 0 Å². The standard InChI is InChI=1S/C64H128O2/c1-11-21-30-39-49-61(60(65)66-20-10,50-40-31-22-12-2)51-48-57-63(55-44-35-26-16-6,56-45-36-27-17-7)64(58-46-37-28-18-8,59-47-38-29-19-9)62(52-41-32-23-13-3,53-42-33-24-14-4)54-43-34-25-15-5/h11-59H2,1-10H3. The second-order valence-corrected chi connectivity index (χ2v) is 22.8. The molecule has 0 saturated carbocycles. The molecule has 0 aromatic heterocycles. The van der Waals surface area contributed by atoms with Crippen molar-refractivity contribution in [3.63, 3.8) is 0 Å². The zero-order valence-corrected chi connectivity index (χ0v) is 48.0. The predicted octanol–water partition coefficient (Wildman–Crippen LogP) is 23.4. The SMILES string of the molecule is CCCCCCC(CCCCCC)(CCCC(CCCCCC)(CCCCCC)C(CCCCCC)(CCCCCC)C(CCCCCC)(CCCCCC)CCCCCC)C(=O)OCC. The van der Waals surface area contributed by atoms with Crippen molar-refractivity contribution in [1.82, 2.24) is 0 Å². The van der Waals surface area contributed by atoms with Crippen LogP contribution >= 0.6 is 0 Å². The monoisotopic (exact) mass is 929 g/mol. The highest BCUT2D eigenvalue weighted by atomic mass is 16.5. The molecule has 0 aromatic rings. The van der Waals surface area contributed by atoms with E-state index in [4.69, 9.17) is 4.74 Å². The fourth-order valence-corrected chi connectivity index (χ4v) is 13.6. The lowest BCUT2D eigenvalue weighted by Crippen LogP contribution is -2.55. The van der Waals surface area contributed by atoms with Gasteiger partial charge < -0.3 is 4.74 Å². The van der Waals surface area contributed by atoms with E-state index in [9.17, 15) is 4.79 Å². The molecule has 0 atom stereocenters. The first-order chi connectivity index (χ1) is 32.2. The summed E-state index contributed by atoms with van der Waals surface area (Å²) in [6, 6.07) is 0. The molecule has 2 heteroatoms. The number of carbonyl (C=O) groups excluding carboxylic acids is 1. The second-order valence-electron chi connectivity index (χ2n) is 22.8. The van der Waals surface area contributed by atoms with Crippen molar-refractivity contribution in [2.75, 3.05) is 6.61 Å². The van der Waals surface area contributed by atoms with E-state index >= 15 is 0 Å². The van der Waals surface area contributed by atoms with Gasteiger partial charge in [-0.3, -0.25) is 4.79 Å². The maximum atomic E-state index is 14.7. The molecule has 396 valence electrons. The Labute approximate surface area is 419 Å². The molecule has 0 saturated heterocycles. The smallest absolute Gasteiger partial charge is 0.312 e. The van der Waals surface area contributed by atoms with E-state index in [2.05, 4.69) is 69.2 Å². The molecule has 0 heterocycles. The Morgan fingerprint density at radius 1 is 0.258 bits per heavy atom. The summed E-state index contributed by atoms with van der Waals surface area (Å²) in [5.74, 6) is 0.164. The van der Waals surface area contributed by atoms with Gasteiger partial charge in [0.2, 0.25) is 0 Å². The minimum atomic E-state index is -0.323. The van der Waals surface area contributed by atoms with Gasteiger partial charge in [0.1, 0.15) is 0 Å². The number of carbonyl (C=O) groups is 1. The van der Waals surface area contributed by atoms with Crippen LogP contribution in [0.25, 0.3) is 0 Å². The molecule has 0 rings (SSSR count). The topological polar surface area (TPSA) is 26.3 Å². The minimum Gasteiger partial charge on any atom is -0.466 e. The van der Waals surface area contributed by atoms with Crippen molar-refractivity contribution < 1.29 is 9.53 Å². The van der Waals surface area contributed by atoms with Crippen LogP contribution in [0.1, 0.15) is 377 Å². The van der Waals surface area contributed by atoms with Gasteiger partial charge in [0, 0.05) is 0 Å². The quantitative estimate of drug-likeness (QED) is 0.0449. The molecule has 0 fully saturated rings. The van der Waals surface area contributed by atoms with Gasteiger partial charge in [0.15, 0.2) is 0 Å². The molecule has 0 bridgehead atoms. The molecule has 66 heavy (non-hydrogen) atoms. The molecule has 0 N–H and O–H groups in total. The van der Waals surface area contributed by atoms with Crippen molar-refractivity contribution >= 4 is 5.97 Å². The number of unbranched alkanes of at least 4 members (excludes halogenated alkanes) is 27. The average Bonchev–Trinajstić information content (AvgIpc) is 3.32. The number of hydrogen-bond donors (Lipinski definition) is 0. The molecule has 0 aliphatic rings. The Hall–Kier alpha value is -0.530. The van der Waals surface area contributed by atoms with E-state index in [0.29, 0.717) is 22.9 Å². The Balaban J connectivity index is 8.54. The van der Waals surface area contributed by atoms with Crippen LogP contribution in [0.5, 0.6) is 0 Å². The largest absolute Gasteiger partial charge is 0.466 e. The van der Waals surface area contributed by atoms with Gasteiger partial charge in [-0.2, -0.15) is 0 Å². The third-order valence-electron chi connectivity index (χ3n) is 17.5. The zero-order chi connectivity index (χ0) is 48.9. The van der Waals surface area contributed by atoms with Crippen LogP contribution in [-0.4, -0.2) is 12.6 Å². The minimum absolute atomic E-state index is 0.164. The van der Waals surface area contributed by atoms with E-state index in [-0.39, 0.29) is 11.4 Å². The van der Waals surface area contributed by atoms with Gasteiger partial charge in [0.25, 0.3) is 0 Å². The zero-order valence-electron chi connectivity index (χ0n) is 48.0. The van der Waals surface area contributed by atoms with Gasteiger partial charge >= 0.3 is 5.97 Å². The average molecular weight is 930 g/mol. The van der Waals surface area contributed by atoms with Crippen LogP contribution in [0.15, 0.2) is 0 Å². The van der Waals surface area contributed by atoms with Crippen molar-refractivity contribution in [2.24, 2.45) is 21.7 Å². The van der Waals surface area contributed by atoms with Gasteiger partial charge in [-0.05, 0) is 93.8 Å². The van der Waals surface area contributed by atoms with Crippen LogP contribution in [0.3, 0.4) is 0 Å². The molecule has 0 radical (unpaired) electrons. The lowest BCUT2D eigenvalue weighted by molar-refractivity contribution is -0.159. The summed E-state index contributed by atoms with van der Waals surface area (Å²) in [5, 5.41) is 0.